The lowest BCUT2D eigenvalue weighted by Gasteiger charge is -2.15. The summed E-state index contributed by atoms with van der Waals surface area (Å²) >= 11 is 9.98. The van der Waals surface area contributed by atoms with Crippen molar-refractivity contribution >= 4 is 61.4 Å². The average Bonchev–Trinajstić information content (AvgIpc) is 2.91. The first-order valence-corrected chi connectivity index (χ1v) is 9.34. The Morgan fingerprint density at radius 1 is 1.24 bits per heavy atom. The number of benzene rings is 2. The minimum absolute atomic E-state index is 0.151. The van der Waals surface area contributed by atoms with Crippen molar-refractivity contribution in [3.63, 3.8) is 0 Å². The lowest BCUT2D eigenvalue weighted by Crippen LogP contribution is -2.27. The first kappa shape index (κ1) is 18.0. The molecule has 0 spiro atoms. The summed E-state index contributed by atoms with van der Waals surface area (Å²) in [5.74, 6) is 0.721. The van der Waals surface area contributed by atoms with Gasteiger partial charge in [0.1, 0.15) is 11.5 Å². The number of anilines is 1. The van der Waals surface area contributed by atoms with E-state index in [0.717, 1.165) is 16.9 Å². The lowest BCUT2D eigenvalue weighted by molar-refractivity contribution is -0.113. The van der Waals surface area contributed by atoms with E-state index in [4.69, 9.17) is 17.0 Å². The fraction of sp³-hybridized carbons (Fsp3) is 0.111. The van der Waals surface area contributed by atoms with Crippen LogP contribution in [0.25, 0.3) is 5.57 Å². The van der Waals surface area contributed by atoms with Gasteiger partial charge in [-0.2, -0.15) is 0 Å². The molecule has 0 unspecified atom stereocenters. The van der Waals surface area contributed by atoms with Gasteiger partial charge in [-0.1, -0.05) is 30.0 Å². The molecule has 2 aromatic rings. The minimum atomic E-state index is -0.151. The van der Waals surface area contributed by atoms with Crippen molar-refractivity contribution in [2.24, 2.45) is 0 Å². The molecule has 1 N–H and O–H groups in total. The summed E-state index contributed by atoms with van der Waals surface area (Å²) in [6, 6.07) is 12.3. The van der Waals surface area contributed by atoms with Gasteiger partial charge in [0.15, 0.2) is 4.32 Å². The fourth-order valence-corrected chi connectivity index (χ4v) is 4.14. The first-order valence-electron chi connectivity index (χ1n) is 7.32. The SMILES string of the molecule is COc1ccc(N2C(=O)/C(=C(/C)c3ccc(O)c(Br)c3)SC2=S)cc1. The van der Waals surface area contributed by atoms with Gasteiger partial charge in [-0.25, -0.2) is 0 Å². The van der Waals surface area contributed by atoms with Gasteiger partial charge in [0, 0.05) is 0 Å². The van der Waals surface area contributed by atoms with Gasteiger partial charge in [-0.15, -0.1) is 0 Å². The molecule has 0 radical (unpaired) electrons. The highest BCUT2D eigenvalue weighted by molar-refractivity contribution is 9.10. The molecule has 0 aliphatic carbocycles. The first-order chi connectivity index (χ1) is 11.9. The Labute approximate surface area is 163 Å². The fourth-order valence-electron chi connectivity index (χ4n) is 2.42. The molecule has 1 heterocycles. The summed E-state index contributed by atoms with van der Waals surface area (Å²) in [4.78, 5) is 15.0. The molecule has 0 saturated carbocycles. The van der Waals surface area contributed by atoms with Gasteiger partial charge in [0.2, 0.25) is 0 Å². The molecule has 25 heavy (non-hydrogen) atoms. The van der Waals surface area contributed by atoms with Gasteiger partial charge in [-0.3, -0.25) is 9.69 Å². The molecule has 4 nitrogen and oxygen atoms in total. The second-order valence-corrected chi connectivity index (χ2v) is 7.83. The second kappa shape index (κ2) is 7.19. The Hall–Kier alpha value is -1.83. The molecule has 1 aliphatic rings. The smallest absolute Gasteiger partial charge is 0.271 e. The zero-order valence-electron chi connectivity index (χ0n) is 13.4. The summed E-state index contributed by atoms with van der Waals surface area (Å²) in [7, 11) is 1.59. The Morgan fingerprint density at radius 3 is 2.52 bits per heavy atom. The van der Waals surface area contributed by atoms with Crippen molar-refractivity contribution in [3.05, 3.63) is 57.4 Å². The topological polar surface area (TPSA) is 49.8 Å². The quantitative estimate of drug-likeness (QED) is 0.545. The van der Waals surface area contributed by atoms with Crippen molar-refractivity contribution in [2.75, 3.05) is 12.0 Å². The number of carbonyl (C=O) groups excluding carboxylic acids is 1. The molecule has 2 aromatic carbocycles. The maximum Gasteiger partial charge on any atom is 0.271 e. The van der Waals surface area contributed by atoms with E-state index in [0.29, 0.717) is 19.4 Å². The van der Waals surface area contributed by atoms with Crippen LogP contribution in [0.3, 0.4) is 0 Å². The van der Waals surface area contributed by atoms with Crippen LogP contribution in [0.15, 0.2) is 51.8 Å². The largest absolute Gasteiger partial charge is 0.507 e. The highest BCUT2D eigenvalue weighted by atomic mass is 79.9. The summed E-state index contributed by atoms with van der Waals surface area (Å²) in [5, 5.41) is 9.64. The number of carbonyl (C=O) groups is 1. The van der Waals surface area contributed by atoms with Gasteiger partial charge in [0.05, 0.1) is 22.2 Å². The predicted octanol–water partition coefficient (Wildman–Crippen LogP) is 4.96. The summed E-state index contributed by atoms with van der Waals surface area (Å²) in [5.41, 5.74) is 2.37. The second-order valence-electron chi connectivity index (χ2n) is 5.33. The summed E-state index contributed by atoms with van der Waals surface area (Å²) in [6.45, 7) is 1.87. The molecule has 1 saturated heterocycles. The number of ether oxygens (including phenoxy) is 1. The maximum atomic E-state index is 12.9. The number of hydrogen-bond acceptors (Lipinski definition) is 5. The molecule has 0 aromatic heterocycles. The predicted molar refractivity (Wildman–Crippen MR) is 109 cm³/mol. The number of nitrogens with zero attached hydrogens (tertiary/aromatic N) is 1. The van der Waals surface area contributed by atoms with Crippen molar-refractivity contribution in [1.82, 2.24) is 0 Å². The number of phenolic OH excluding ortho intramolecular Hbond substituents is 1. The van der Waals surface area contributed by atoms with E-state index in [1.54, 1.807) is 49.6 Å². The normalized spacial score (nSPS) is 16.4. The zero-order valence-corrected chi connectivity index (χ0v) is 16.7. The number of hydrogen-bond donors (Lipinski definition) is 1. The van der Waals surface area contributed by atoms with Crippen LogP contribution in [-0.2, 0) is 4.79 Å². The van der Waals surface area contributed by atoms with E-state index >= 15 is 0 Å². The van der Waals surface area contributed by atoms with Crippen molar-refractivity contribution < 1.29 is 14.6 Å². The van der Waals surface area contributed by atoms with E-state index in [1.165, 1.54) is 16.7 Å². The highest BCUT2D eigenvalue weighted by Gasteiger charge is 2.34. The number of allylic oxidation sites excluding steroid dienone is 1. The van der Waals surface area contributed by atoms with Crippen LogP contribution in [-0.4, -0.2) is 22.4 Å². The van der Waals surface area contributed by atoms with Crippen LogP contribution in [0.1, 0.15) is 12.5 Å². The Balaban J connectivity index is 1.97. The van der Waals surface area contributed by atoms with Crippen LogP contribution in [0.5, 0.6) is 11.5 Å². The molecule has 1 amide bonds. The van der Waals surface area contributed by atoms with Gasteiger partial charge in [-0.05, 0) is 70.4 Å². The Kier molecular flexibility index (Phi) is 5.17. The number of aromatic hydroxyl groups is 1. The number of thioether (sulfide) groups is 1. The lowest BCUT2D eigenvalue weighted by atomic mass is 10.1. The molecule has 1 fully saturated rings. The van der Waals surface area contributed by atoms with Crippen LogP contribution in [0.4, 0.5) is 5.69 Å². The standard InChI is InChI=1S/C18H14BrNO3S2/c1-10(11-3-8-15(21)14(19)9-11)16-17(22)20(18(24)25-16)12-4-6-13(23-2)7-5-12/h3-9,21H,1-2H3/b16-10+. The Bertz CT molecular complexity index is 894. The third kappa shape index (κ3) is 3.44. The number of thiocarbonyl (C=S) groups is 1. The minimum Gasteiger partial charge on any atom is -0.507 e. The summed E-state index contributed by atoms with van der Waals surface area (Å²) in [6.07, 6.45) is 0. The van der Waals surface area contributed by atoms with Crippen LogP contribution >= 0.6 is 39.9 Å². The molecule has 0 atom stereocenters. The van der Waals surface area contributed by atoms with E-state index < -0.39 is 0 Å². The van der Waals surface area contributed by atoms with Crippen molar-refractivity contribution in [3.8, 4) is 11.5 Å². The molecule has 7 heteroatoms. The molecule has 1 aliphatic heterocycles. The van der Waals surface area contributed by atoms with Gasteiger partial charge >= 0.3 is 0 Å². The van der Waals surface area contributed by atoms with Crippen LogP contribution < -0.4 is 9.64 Å². The molecule has 128 valence electrons. The third-order valence-electron chi connectivity index (χ3n) is 3.82. The summed E-state index contributed by atoms with van der Waals surface area (Å²) < 4.78 is 6.21. The van der Waals surface area contributed by atoms with Crippen molar-refractivity contribution in [2.45, 2.75) is 6.92 Å². The van der Waals surface area contributed by atoms with Crippen molar-refractivity contribution in [1.29, 1.82) is 0 Å². The van der Waals surface area contributed by atoms with Gasteiger partial charge < -0.3 is 9.84 Å². The maximum absolute atomic E-state index is 12.9. The molecular weight excluding hydrogens is 422 g/mol. The van der Waals surface area contributed by atoms with E-state index in [2.05, 4.69) is 15.9 Å². The highest BCUT2D eigenvalue weighted by Crippen LogP contribution is 2.40. The van der Waals surface area contributed by atoms with E-state index in [-0.39, 0.29) is 11.7 Å². The van der Waals surface area contributed by atoms with Gasteiger partial charge in [0.25, 0.3) is 5.91 Å². The zero-order chi connectivity index (χ0) is 18.1. The molecular formula is C18H14BrNO3S2. The number of rotatable bonds is 3. The van der Waals surface area contributed by atoms with E-state index in [1.807, 2.05) is 6.92 Å². The number of amides is 1. The number of phenols is 1. The molecule has 0 bridgehead atoms. The average molecular weight is 436 g/mol. The van der Waals surface area contributed by atoms with Crippen LogP contribution in [0.2, 0.25) is 0 Å². The Morgan fingerprint density at radius 2 is 1.92 bits per heavy atom. The number of methoxy groups -OCH3 is 1. The van der Waals surface area contributed by atoms with Crippen LogP contribution in [0, 0.1) is 0 Å². The van der Waals surface area contributed by atoms with E-state index in [9.17, 15) is 9.90 Å². The monoisotopic (exact) mass is 435 g/mol. The molecule has 3 rings (SSSR count). The third-order valence-corrected chi connectivity index (χ3v) is 5.93. The number of halogens is 1.